The summed E-state index contributed by atoms with van der Waals surface area (Å²) in [5.41, 5.74) is 1.05. The molecule has 3 aromatic rings. The Labute approximate surface area is 163 Å². The molecule has 0 radical (unpaired) electrons. The first-order valence-electron chi connectivity index (χ1n) is 9.11. The third-order valence-electron chi connectivity index (χ3n) is 5.34. The van der Waals surface area contributed by atoms with Gasteiger partial charge in [-0.15, -0.1) is 0 Å². The molecular weight excluding hydrogens is 356 g/mol. The number of phenolic OH excluding ortho intramolecular Hbond substituents is 1. The van der Waals surface area contributed by atoms with E-state index in [1.54, 1.807) is 12.1 Å². The molecule has 1 unspecified atom stereocenters. The van der Waals surface area contributed by atoms with Gasteiger partial charge in [-0.3, -0.25) is 4.79 Å². The van der Waals surface area contributed by atoms with E-state index in [0.717, 1.165) is 21.9 Å². The summed E-state index contributed by atoms with van der Waals surface area (Å²) in [6, 6.07) is 17.0. The molecule has 144 valence electrons. The number of hydrogen-bond acceptors (Lipinski definition) is 5. The first kappa shape index (κ1) is 18.2. The highest BCUT2D eigenvalue weighted by Crippen LogP contribution is 2.45. The summed E-state index contributed by atoms with van der Waals surface area (Å²) in [7, 11) is 1.40. The minimum Gasteiger partial charge on any atom is -0.508 e. The van der Waals surface area contributed by atoms with Crippen LogP contribution in [0.2, 0.25) is 0 Å². The van der Waals surface area contributed by atoms with Gasteiger partial charge in [0.25, 0.3) is 0 Å². The average Bonchev–Trinajstić information content (AvgIpc) is 3.14. The lowest BCUT2D eigenvalue weighted by Crippen LogP contribution is -2.33. The Morgan fingerprint density at radius 2 is 1.64 bits per heavy atom. The van der Waals surface area contributed by atoms with Crippen molar-refractivity contribution >= 4 is 16.7 Å². The van der Waals surface area contributed by atoms with Crippen LogP contribution in [0.3, 0.4) is 0 Å². The zero-order valence-electron chi connectivity index (χ0n) is 16.1. The predicted molar refractivity (Wildman–Crippen MR) is 106 cm³/mol. The van der Waals surface area contributed by atoms with E-state index >= 15 is 0 Å². The van der Waals surface area contributed by atoms with Gasteiger partial charge in [0.1, 0.15) is 5.75 Å². The van der Waals surface area contributed by atoms with Crippen LogP contribution in [0.25, 0.3) is 10.8 Å². The second-order valence-corrected chi connectivity index (χ2v) is 7.55. The highest BCUT2D eigenvalue weighted by Gasteiger charge is 2.40. The Balaban J connectivity index is 1.89. The molecule has 0 aromatic heterocycles. The summed E-state index contributed by atoms with van der Waals surface area (Å²) in [6.07, 6.45) is 0. The number of hydrogen-bond donors (Lipinski definition) is 1. The molecule has 0 fully saturated rings. The number of aromatic hydroxyl groups is 1. The molecule has 28 heavy (non-hydrogen) atoms. The molecule has 3 aromatic carbocycles. The Bertz CT molecular complexity index is 1050. The van der Waals surface area contributed by atoms with Crippen LogP contribution in [0.4, 0.5) is 0 Å². The number of ether oxygens (including phenoxy) is 3. The van der Waals surface area contributed by atoms with Gasteiger partial charge < -0.3 is 19.3 Å². The summed E-state index contributed by atoms with van der Waals surface area (Å²) in [5, 5.41) is 11.8. The molecule has 4 rings (SSSR count). The van der Waals surface area contributed by atoms with E-state index < -0.39 is 5.41 Å². The summed E-state index contributed by atoms with van der Waals surface area (Å²) >= 11 is 0. The Morgan fingerprint density at radius 3 is 2.43 bits per heavy atom. The van der Waals surface area contributed by atoms with Crippen molar-refractivity contribution in [1.82, 2.24) is 0 Å². The van der Waals surface area contributed by atoms with Crippen molar-refractivity contribution in [2.24, 2.45) is 5.41 Å². The van der Waals surface area contributed by atoms with E-state index in [-0.39, 0.29) is 24.4 Å². The maximum Gasteiger partial charge on any atom is 0.312 e. The normalized spacial score (nSPS) is 14.1. The Kier molecular flexibility index (Phi) is 4.38. The first-order chi connectivity index (χ1) is 13.4. The monoisotopic (exact) mass is 378 g/mol. The number of carbonyl (C=O) groups excluding carboxylic acids is 1. The molecule has 0 amide bonds. The molecule has 1 heterocycles. The summed E-state index contributed by atoms with van der Waals surface area (Å²) < 4.78 is 16.1. The van der Waals surface area contributed by atoms with Crippen LogP contribution in [-0.2, 0) is 9.53 Å². The predicted octanol–water partition coefficient (Wildman–Crippen LogP) is 4.61. The molecular formula is C23H22O5. The van der Waals surface area contributed by atoms with Crippen LogP contribution in [-0.4, -0.2) is 25.0 Å². The van der Waals surface area contributed by atoms with Crippen molar-refractivity contribution in [3.8, 4) is 17.2 Å². The lowest BCUT2D eigenvalue weighted by atomic mass is 9.71. The van der Waals surface area contributed by atoms with Crippen molar-refractivity contribution in [2.45, 2.75) is 19.8 Å². The third-order valence-corrected chi connectivity index (χ3v) is 5.34. The second kappa shape index (κ2) is 6.75. The smallest absolute Gasteiger partial charge is 0.312 e. The van der Waals surface area contributed by atoms with Gasteiger partial charge in [-0.1, -0.05) is 30.3 Å². The van der Waals surface area contributed by atoms with Gasteiger partial charge in [0.15, 0.2) is 11.5 Å². The maximum atomic E-state index is 12.7. The van der Waals surface area contributed by atoms with E-state index in [2.05, 4.69) is 0 Å². The molecule has 1 aliphatic heterocycles. The van der Waals surface area contributed by atoms with Crippen molar-refractivity contribution in [1.29, 1.82) is 0 Å². The minimum atomic E-state index is -0.826. The van der Waals surface area contributed by atoms with E-state index in [0.29, 0.717) is 11.5 Å². The molecule has 0 bridgehead atoms. The zero-order valence-corrected chi connectivity index (χ0v) is 16.1. The van der Waals surface area contributed by atoms with Crippen LogP contribution >= 0.6 is 0 Å². The van der Waals surface area contributed by atoms with Crippen LogP contribution in [0, 0.1) is 5.41 Å². The molecule has 1 atom stereocenters. The molecule has 1 N–H and O–H groups in total. The fourth-order valence-electron chi connectivity index (χ4n) is 3.93. The van der Waals surface area contributed by atoms with Gasteiger partial charge in [0.05, 0.1) is 12.5 Å². The SMILES string of the molecule is COC(=O)C(C)(C)C(c1ccc2c(c1)OCO2)c1ccc2ccc(O)cc2c1. The fraction of sp³-hybridized carbons (Fsp3) is 0.261. The van der Waals surface area contributed by atoms with E-state index in [1.165, 1.54) is 7.11 Å². The molecule has 0 spiro atoms. The molecule has 1 aliphatic rings. The fourth-order valence-corrected chi connectivity index (χ4v) is 3.93. The Hall–Kier alpha value is -3.21. The lowest BCUT2D eigenvalue weighted by Gasteiger charge is -2.33. The summed E-state index contributed by atoms with van der Waals surface area (Å²) in [4.78, 5) is 12.7. The molecule has 5 heteroatoms. The highest BCUT2D eigenvalue weighted by molar-refractivity contribution is 5.85. The van der Waals surface area contributed by atoms with Crippen molar-refractivity contribution in [2.75, 3.05) is 13.9 Å². The van der Waals surface area contributed by atoms with Crippen LogP contribution < -0.4 is 9.47 Å². The number of methoxy groups -OCH3 is 1. The van der Waals surface area contributed by atoms with Gasteiger partial charge in [-0.25, -0.2) is 0 Å². The minimum absolute atomic E-state index is 0.194. The second-order valence-electron chi connectivity index (χ2n) is 7.55. The van der Waals surface area contributed by atoms with Gasteiger partial charge in [0.2, 0.25) is 6.79 Å². The van der Waals surface area contributed by atoms with E-state index in [1.807, 2.05) is 56.3 Å². The van der Waals surface area contributed by atoms with Gasteiger partial charge in [0, 0.05) is 5.92 Å². The number of phenols is 1. The molecule has 0 saturated carbocycles. The number of benzene rings is 3. The number of fused-ring (bicyclic) bond motifs is 2. The molecule has 0 saturated heterocycles. The van der Waals surface area contributed by atoms with Gasteiger partial charge >= 0.3 is 5.97 Å². The third kappa shape index (κ3) is 3.03. The zero-order chi connectivity index (χ0) is 19.9. The summed E-state index contributed by atoms with van der Waals surface area (Å²) in [6.45, 7) is 3.95. The number of rotatable bonds is 4. The van der Waals surface area contributed by atoms with Crippen molar-refractivity contribution in [3.05, 3.63) is 65.7 Å². The topological polar surface area (TPSA) is 65.0 Å². The van der Waals surface area contributed by atoms with E-state index in [4.69, 9.17) is 14.2 Å². The van der Waals surface area contributed by atoms with Crippen LogP contribution in [0.1, 0.15) is 30.9 Å². The van der Waals surface area contributed by atoms with Gasteiger partial charge in [-0.2, -0.15) is 0 Å². The average molecular weight is 378 g/mol. The standard InChI is InChI=1S/C23H22O5/c1-23(2,22(25)26-3)21(16-7-9-19-20(12-16)28-13-27-19)15-5-4-14-6-8-18(24)11-17(14)10-15/h4-12,21,24H,13H2,1-3H3. The summed E-state index contributed by atoms with van der Waals surface area (Å²) in [5.74, 6) is 0.993. The van der Waals surface area contributed by atoms with Gasteiger partial charge in [-0.05, 0) is 60.0 Å². The largest absolute Gasteiger partial charge is 0.508 e. The highest BCUT2D eigenvalue weighted by atomic mass is 16.7. The first-order valence-corrected chi connectivity index (χ1v) is 9.11. The quantitative estimate of drug-likeness (QED) is 0.672. The molecule has 0 aliphatic carbocycles. The van der Waals surface area contributed by atoms with Crippen LogP contribution in [0.15, 0.2) is 54.6 Å². The number of esters is 1. The Morgan fingerprint density at radius 1 is 0.964 bits per heavy atom. The number of carbonyl (C=O) groups is 1. The molecule has 5 nitrogen and oxygen atoms in total. The van der Waals surface area contributed by atoms with Crippen LogP contribution in [0.5, 0.6) is 17.2 Å². The maximum absolute atomic E-state index is 12.7. The lowest BCUT2D eigenvalue weighted by molar-refractivity contribution is -0.151. The van der Waals surface area contributed by atoms with Crippen molar-refractivity contribution in [3.63, 3.8) is 0 Å². The van der Waals surface area contributed by atoms with Crippen molar-refractivity contribution < 1.29 is 24.1 Å². The van der Waals surface area contributed by atoms with E-state index in [9.17, 15) is 9.90 Å².